The molecular weight excluding hydrogens is 257 g/mol. The van der Waals surface area contributed by atoms with E-state index in [1.807, 2.05) is 13.0 Å². The van der Waals surface area contributed by atoms with Crippen LogP contribution in [0.15, 0.2) is 47.2 Å². The third-order valence-corrected chi connectivity index (χ3v) is 3.06. The molecule has 0 aliphatic heterocycles. The number of hydrogen-bond acceptors (Lipinski definition) is 4. The summed E-state index contributed by atoms with van der Waals surface area (Å²) >= 11 is 0. The molecule has 0 amide bonds. The van der Waals surface area contributed by atoms with E-state index in [4.69, 9.17) is 10.3 Å². The van der Waals surface area contributed by atoms with Gasteiger partial charge in [-0.15, -0.1) is 0 Å². The SMILES string of the molecule is Cc1ccc(-c2onc(N)c2-c2ccncc2)c(F)c1. The predicted octanol–water partition coefficient (Wildman–Crippen LogP) is 3.43. The highest BCUT2D eigenvalue weighted by atomic mass is 19.1. The maximum Gasteiger partial charge on any atom is 0.179 e. The van der Waals surface area contributed by atoms with E-state index in [0.717, 1.165) is 11.1 Å². The molecule has 0 aliphatic carbocycles. The van der Waals surface area contributed by atoms with Crippen molar-refractivity contribution in [2.45, 2.75) is 6.92 Å². The molecule has 0 aliphatic rings. The van der Waals surface area contributed by atoms with Gasteiger partial charge in [-0.1, -0.05) is 11.2 Å². The van der Waals surface area contributed by atoms with Crippen LogP contribution in [0.2, 0.25) is 0 Å². The summed E-state index contributed by atoms with van der Waals surface area (Å²) in [6.07, 6.45) is 3.27. The largest absolute Gasteiger partial charge is 0.380 e. The van der Waals surface area contributed by atoms with E-state index in [2.05, 4.69) is 10.1 Å². The zero-order chi connectivity index (χ0) is 14.1. The number of benzene rings is 1. The summed E-state index contributed by atoms with van der Waals surface area (Å²) in [7, 11) is 0. The molecule has 0 fully saturated rings. The number of rotatable bonds is 2. The fraction of sp³-hybridized carbons (Fsp3) is 0.0667. The number of nitrogens with zero attached hydrogens (tertiary/aromatic N) is 2. The fourth-order valence-electron chi connectivity index (χ4n) is 2.09. The molecular formula is C15H12FN3O. The molecule has 0 atom stereocenters. The van der Waals surface area contributed by atoms with Crippen molar-refractivity contribution in [3.8, 4) is 22.5 Å². The molecule has 20 heavy (non-hydrogen) atoms. The Balaban J connectivity index is 2.21. The minimum absolute atomic E-state index is 0.228. The lowest BCUT2D eigenvalue weighted by atomic mass is 10.0. The van der Waals surface area contributed by atoms with Crippen LogP contribution in [-0.2, 0) is 0 Å². The van der Waals surface area contributed by atoms with Gasteiger partial charge in [0.25, 0.3) is 0 Å². The van der Waals surface area contributed by atoms with Crippen molar-refractivity contribution >= 4 is 5.82 Å². The van der Waals surface area contributed by atoms with E-state index < -0.39 is 0 Å². The Bertz CT molecular complexity index is 753. The third-order valence-electron chi connectivity index (χ3n) is 3.06. The van der Waals surface area contributed by atoms with Gasteiger partial charge in [-0.3, -0.25) is 4.98 Å². The second kappa shape index (κ2) is 4.77. The summed E-state index contributed by atoms with van der Waals surface area (Å²) in [5.74, 6) is 0.189. The van der Waals surface area contributed by atoms with Crippen LogP contribution in [-0.4, -0.2) is 10.1 Å². The second-order valence-corrected chi connectivity index (χ2v) is 4.49. The Morgan fingerprint density at radius 2 is 1.90 bits per heavy atom. The van der Waals surface area contributed by atoms with Crippen LogP contribution in [0, 0.1) is 12.7 Å². The van der Waals surface area contributed by atoms with Gasteiger partial charge in [0.1, 0.15) is 5.82 Å². The van der Waals surface area contributed by atoms with Crippen LogP contribution in [0.5, 0.6) is 0 Å². The van der Waals surface area contributed by atoms with Crippen LogP contribution in [0.3, 0.4) is 0 Å². The average Bonchev–Trinajstić information content (AvgIpc) is 2.81. The molecule has 0 bridgehead atoms. The Labute approximate surface area is 115 Å². The molecule has 1 aromatic carbocycles. The number of aryl methyl sites for hydroxylation is 1. The summed E-state index contributed by atoms with van der Waals surface area (Å²) in [4.78, 5) is 3.95. The average molecular weight is 269 g/mol. The first kappa shape index (κ1) is 12.3. The van der Waals surface area contributed by atoms with Crippen molar-refractivity contribution in [1.82, 2.24) is 10.1 Å². The van der Waals surface area contributed by atoms with Gasteiger partial charge >= 0.3 is 0 Å². The lowest BCUT2D eigenvalue weighted by Crippen LogP contribution is -1.90. The predicted molar refractivity (Wildman–Crippen MR) is 74.3 cm³/mol. The maximum absolute atomic E-state index is 14.1. The van der Waals surface area contributed by atoms with Crippen molar-refractivity contribution in [1.29, 1.82) is 0 Å². The highest BCUT2D eigenvalue weighted by Crippen LogP contribution is 2.37. The number of pyridine rings is 1. The number of nitrogen functional groups attached to an aromatic ring is 1. The molecule has 3 aromatic rings. The third kappa shape index (κ3) is 2.03. The molecule has 100 valence electrons. The summed E-state index contributed by atoms with van der Waals surface area (Å²) < 4.78 is 19.3. The number of hydrogen-bond donors (Lipinski definition) is 1. The maximum atomic E-state index is 14.1. The van der Waals surface area contributed by atoms with Gasteiger partial charge in [0, 0.05) is 12.4 Å². The highest BCUT2D eigenvalue weighted by molar-refractivity contribution is 5.86. The molecule has 5 heteroatoms. The lowest BCUT2D eigenvalue weighted by molar-refractivity contribution is 0.433. The van der Waals surface area contributed by atoms with E-state index in [0.29, 0.717) is 16.9 Å². The summed E-state index contributed by atoms with van der Waals surface area (Å²) in [5, 5.41) is 3.75. The van der Waals surface area contributed by atoms with Crippen molar-refractivity contribution in [2.75, 3.05) is 5.73 Å². The number of nitrogens with two attached hydrogens (primary N) is 1. The van der Waals surface area contributed by atoms with E-state index >= 15 is 0 Å². The molecule has 0 unspecified atom stereocenters. The summed E-state index contributed by atoms with van der Waals surface area (Å²) in [5.41, 5.74) is 8.38. The second-order valence-electron chi connectivity index (χ2n) is 4.49. The van der Waals surface area contributed by atoms with Gasteiger partial charge < -0.3 is 10.3 Å². The monoisotopic (exact) mass is 269 g/mol. The van der Waals surface area contributed by atoms with E-state index in [9.17, 15) is 4.39 Å². The first-order valence-corrected chi connectivity index (χ1v) is 6.09. The molecule has 0 spiro atoms. The molecule has 2 aromatic heterocycles. The van der Waals surface area contributed by atoms with Crippen LogP contribution in [0.25, 0.3) is 22.5 Å². The van der Waals surface area contributed by atoms with E-state index in [1.165, 1.54) is 6.07 Å². The first-order valence-electron chi connectivity index (χ1n) is 6.09. The Morgan fingerprint density at radius 3 is 2.60 bits per heavy atom. The van der Waals surface area contributed by atoms with Gasteiger partial charge in [0.15, 0.2) is 11.6 Å². The first-order chi connectivity index (χ1) is 9.66. The van der Waals surface area contributed by atoms with Gasteiger partial charge in [-0.25, -0.2) is 4.39 Å². The standard InChI is InChI=1S/C15H12FN3O/c1-9-2-3-11(12(16)8-9)14-13(15(17)19-20-14)10-4-6-18-7-5-10/h2-8H,1H3,(H2,17,19). The van der Waals surface area contributed by atoms with Gasteiger partial charge in [0.05, 0.1) is 11.1 Å². The molecule has 4 nitrogen and oxygen atoms in total. The normalized spacial score (nSPS) is 10.7. The van der Waals surface area contributed by atoms with Crippen LogP contribution >= 0.6 is 0 Å². The van der Waals surface area contributed by atoms with Crippen molar-refractivity contribution in [3.05, 3.63) is 54.1 Å². The zero-order valence-electron chi connectivity index (χ0n) is 10.8. The molecule has 2 heterocycles. The quantitative estimate of drug-likeness (QED) is 0.774. The summed E-state index contributed by atoms with van der Waals surface area (Å²) in [6, 6.07) is 8.48. The Kier molecular flexibility index (Phi) is 2.95. The minimum Gasteiger partial charge on any atom is -0.380 e. The number of anilines is 1. The van der Waals surface area contributed by atoms with E-state index in [1.54, 1.807) is 30.6 Å². The van der Waals surface area contributed by atoms with Gasteiger partial charge in [-0.05, 0) is 42.3 Å². The van der Waals surface area contributed by atoms with Crippen LogP contribution in [0.1, 0.15) is 5.56 Å². The molecule has 0 saturated heterocycles. The minimum atomic E-state index is -0.364. The zero-order valence-corrected chi connectivity index (χ0v) is 10.8. The van der Waals surface area contributed by atoms with E-state index in [-0.39, 0.29) is 11.6 Å². The molecule has 2 N–H and O–H groups in total. The number of aromatic nitrogens is 2. The van der Waals surface area contributed by atoms with Crippen LogP contribution < -0.4 is 5.73 Å². The molecule has 0 radical (unpaired) electrons. The number of halogens is 1. The topological polar surface area (TPSA) is 64.9 Å². The van der Waals surface area contributed by atoms with Gasteiger partial charge in [-0.2, -0.15) is 0 Å². The lowest BCUT2D eigenvalue weighted by Gasteiger charge is -2.04. The van der Waals surface area contributed by atoms with Crippen LogP contribution in [0.4, 0.5) is 10.2 Å². The van der Waals surface area contributed by atoms with Crippen molar-refractivity contribution in [3.63, 3.8) is 0 Å². The highest BCUT2D eigenvalue weighted by Gasteiger charge is 2.20. The smallest absolute Gasteiger partial charge is 0.179 e. The van der Waals surface area contributed by atoms with Crippen molar-refractivity contribution < 1.29 is 8.91 Å². The Morgan fingerprint density at radius 1 is 1.15 bits per heavy atom. The molecule has 0 saturated carbocycles. The Hall–Kier alpha value is -2.69. The molecule has 3 rings (SSSR count). The van der Waals surface area contributed by atoms with Crippen molar-refractivity contribution in [2.24, 2.45) is 0 Å². The fourth-order valence-corrected chi connectivity index (χ4v) is 2.09. The summed E-state index contributed by atoms with van der Waals surface area (Å²) in [6.45, 7) is 1.82. The van der Waals surface area contributed by atoms with Gasteiger partial charge in [0.2, 0.25) is 0 Å².